The molecule has 7 heteroatoms. The van der Waals surface area contributed by atoms with Gasteiger partial charge in [0.2, 0.25) is 5.91 Å². The number of rotatable bonds is 9. The first-order valence-corrected chi connectivity index (χ1v) is 10.3. The van der Waals surface area contributed by atoms with E-state index >= 15 is 0 Å². The van der Waals surface area contributed by atoms with Gasteiger partial charge in [0.25, 0.3) is 11.8 Å². The van der Waals surface area contributed by atoms with Crippen LogP contribution in [0.4, 0.5) is 0 Å². The van der Waals surface area contributed by atoms with Gasteiger partial charge in [-0.25, -0.2) is 0 Å². The molecule has 1 saturated carbocycles. The summed E-state index contributed by atoms with van der Waals surface area (Å²) < 4.78 is 5.26. The molecule has 3 rings (SSSR count). The summed E-state index contributed by atoms with van der Waals surface area (Å²) in [7, 11) is 0. The Labute approximate surface area is 175 Å². The Morgan fingerprint density at radius 1 is 0.967 bits per heavy atom. The summed E-state index contributed by atoms with van der Waals surface area (Å²) in [5, 5.41) is 8.19. The number of carbonyl (C=O) groups excluding carboxylic acids is 3. The van der Waals surface area contributed by atoms with Crippen molar-refractivity contribution in [1.29, 1.82) is 0 Å². The molecule has 1 aromatic heterocycles. The number of carbonyl (C=O) groups is 3. The molecule has 1 aliphatic rings. The van der Waals surface area contributed by atoms with Crippen LogP contribution in [0.3, 0.4) is 0 Å². The van der Waals surface area contributed by atoms with Gasteiger partial charge in [0.05, 0.1) is 6.26 Å². The van der Waals surface area contributed by atoms with Crippen LogP contribution in [0.5, 0.6) is 0 Å². The summed E-state index contributed by atoms with van der Waals surface area (Å²) in [5.41, 5.74) is 0.505. The van der Waals surface area contributed by atoms with Crippen LogP contribution in [0.15, 0.2) is 58.8 Å². The van der Waals surface area contributed by atoms with Gasteiger partial charge in [-0.3, -0.25) is 14.4 Å². The maximum atomic E-state index is 12.6. The highest BCUT2D eigenvalue weighted by atomic mass is 16.3. The van der Waals surface area contributed by atoms with E-state index in [0.29, 0.717) is 30.2 Å². The second-order valence-electron chi connectivity index (χ2n) is 7.35. The van der Waals surface area contributed by atoms with Gasteiger partial charge < -0.3 is 20.4 Å². The van der Waals surface area contributed by atoms with Crippen LogP contribution in [0, 0.1) is 5.92 Å². The van der Waals surface area contributed by atoms with Crippen molar-refractivity contribution >= 4 is 23.8 Å². The van der Waals surface area contributed by atoms with E-state index in [0.717, 1.165) is 12.8 Å². The van der Waals surface area contributed by atoms with E-state index in [9.17, 15) is 14.4 Å². The molecule has 1 fully saturated rings. The number of amides is 3. The molecule has 30 heavy (non-hydrogen) atoms. The first-order chi connectivity index (χ1) is 14.6. The van der Waals surface area contributed by atoms with Crippen LogP contribution in [0.25, 0.3) is 6.08 Å². The minimum absolute atomic E-state index is 0.0138. The molecule has 1 aromatic carbocycles. The first-order valence-electron chi connectivity index (χ1n) is 10.3. The largest absolute Gasteiger partial charge is 0.465 e. The smallest absolute Gasteiger partial charge is 0.268 e. The van der Waals surface area contributed by atoms with Gasteiger partial charge in [-0.05, 0) is 43.0 Å². The summed E-state index contributed by atoms with van der Waals surface area (Å²) in [6, 6.07) is 12.0. The highest BCUT2D eigenvalue weighted by Crippen LogP contribution is 2.27. The van der Waals surface area contributed by atoms with Gasteiger partial charge in [-0.15, -0.1) is 0 Å². The molecule has 1 heterocycles. The molecule has 3 amide bonds. The molecule has 7 nitrogen and oxygen atoms in total. The normalized spacial score (nSPS) is 14.3. The Kier molecular flexibility index (Phi) is 7.83. The third-order valence-electron chi connectivity index (χ3n) is 5.04. The molecule has 0 spiro atoms. The van der Waals surface area contributed by atoms with Crippen LogP contribution < -0.4 is 16.0 Å². The van der Waals surface area contributed by atoms with Crippen LogP contribution >= 0.6 is 0 Å². The Bertz CT molecular complexity index is 869. The zero-order valence-corrected chi connectivity index (χ0v) is 16.9. The maximum absolute atomic E-state index is 12.6. The van der Waals surface area contributed by atoms with Gasteiger partial charge in [0, 0.05) is 31.1 Å². The van der Waals surface area contributed by atoms with Crippen LogP contribution in [-0.2, 0) is 9.59 Å². The molecular weight excluding hydrogens is 382 g/mol. The molecule has 1 aliphatic carbocycles. The van der Waals surface area contributed by atoms with E-state index in [1.54, 1.807) is 36.4 Å². The summed E-state index contributed by atoms with van der Waals surface area (Å²) >= 11 is 0. The van der Waals surface area contributed by atoms with Crippen molar-refractivity contribution < 1.29 is 18.8 Å². The van der Waals surface area contributed by atoms with E-state index in [1.165, 1.54) is 25.2 Å². The Hall–Kier alpha value is -3.35. The minimum Gasteiger partial charge on any atom is -0.465 e. The maximum Gasteiger partial charge on any atom is 0.268 e. The molecule has 0 atom stereocenters. The van der Waals surface area contributed by atoms with Crippen LogP contribution in [-0.4, -0.2) is 30.8 Å². The molecular formula is C23H27N3O4. The lowest BCUT2D eigenvalue weighted by atomic mass is 10.0. The monoisotopic (exact) mass is 409 g/mol. The molecule has 3 N–H and O–H groups in total. The molecule has 0 unspecified atom stereocenters. The highest BCUT2D eigenvalue weighted by Gasteiger charge is 2.18. The first kappa shape index (κ1) is 21.4. The fourth-order valence-electron chi connectivity index (χ4n) is 3.48. The lowest BCUT2D eigenvalue weighted by molar-refractivity contribution is -0.122. The quantitative estimate of drug-likeness (QED) is 0.438. The molecule has 0 radical (unpaired) electrons. The Morgan fingerprint density at radius 2 is 1.70 bits per heavy atom. The average Bonchev–Trinajstić information content (AvgIpc) is 3.45. The number of hydrogen-bond donors (Lipinski definition) is 3. The predicted octanol–water partition coefficient (Wildman–Crippen LogP) is 2.86. The highest BCUT2D eigenvalue weighted by molar-refractivity contribution is 6.05. The SMILES string of the molecule is O=C(CC1CCCC1)NCCNC(=O)C(=Cc1ccco1)NC(=O)c1ccccc1. The molecule has 158 valence electrons. The van der Waals surface area contributed by atoms with Crippen molar-refractivity contribution in [3.63, 3.8) is 0 Å². The van der Waals surface area contributed by atoms with Crippen molar-refractivity contribution in [3.05, 3.63) is 65.7 Å². The molecule has 0 bridgehead atoms. The zero-order chi connectivity index (χ0) is 21.2. The molecule has 2 aromatic rings. The van der Waals surface area contributed by atoms with Gasteiger partial charge in [-0.2, -0.15) is 0 Å². The van der Waals surface area contributed by atoms with E-state index in [1.807, 2.05) is 6.07 Å². The third kappa shape index (κ3) is 6.62. The van der Waals surface area contributed by atoms with Crippen molar-refractivity contribution in [3.8, 4) is 0 Å². The second-order valence-corrected chi connectivity index (χ2v) is 7.35. The fourth-order valence-corrected chi connectivity index (χ4v) is 3.48. The second kappa shape index (κ2) is 11.0. The van der Waals surface area contributed by atoms with Gasteiger partial charge in [0.15, 0.2) is 0 Å². The van der Waals surface area contributed by atoms with Crippen LogP contribution in [0.1, 0.15) is 48.2 Å². The number of hydrogen-bond acceptors (Lipinski definition) is 4. The van der Waals surface area contributed by atoms with Crippen molar-refractivity contribution in [2.24, 2.45) is 5.92 Å². The third-order valence-corrected chi connectivity index (χ3v) is 5.04. The summed E-state index contributed by atoms with van der Waals surface area (Å²) in [5.74, 6) is 0.0861. The van der Waals surface area contributed by atoms with Gasteiger partial charge in [-0.1, -0.05) is 31.0 Å². The summed E-state index contributed by atoms with van der Waals surface area (Å²) in [6.07, 6.45) is 8.14. The van der Waals surface area contributed by atoms with Crippen molar-refractivity contribution in [1.82, 2.24) is 16.0 Å². The van der Waals surface area contributed by atoms with E-state index in [2.05, 4.69) is 16.0 Å². The minimum atomic E-state index is -0.458. The standard InChI is InChI=1S/C23H27N3O4/c27-21(15-17-7-4-5-8-17)24-12-13-25-23(29)20(16-19-11-6-14-30-19)26-22(28)18-9-2-1-3-10-18/h1-3,6,9-11,14,16-17H,4-5,7-8,12-13,15H2,(H,24,27)(H,25,29)(H,26,28). The number of furan rings is 1. The summed E-state index contributed by atoms with van der Waals surface area (Å²) in [4.78, 5) is 37.1. The lowest BCUT2D eigenvalue weighted by Crippen LogP contribution is -2.39. The van der Waals surface area contributed by atoms with Gasteiger partial charge >= 0.3 is 0 Å². The van der Waals surface area contributed by atoms with Gasteiger partial charge in [0.1, 0.15) is 11.5 Å². The molecule has 0 aliphatic heterocycles. The topological polar surface area (TPSA) is 100 Å². The van der Waals surface area contributed by atoms with Crippen LogP contribution in [0.2, 0.25) is 0 Å². The van der Waals surface area contributed by atoms with E-state index in [4.69, 9.17) is 4.42 Å². The fraction of sp³-hybridized carbons (Fsp3) is 0.348. The average molecular weight is 409 g/mol. The zero-order valence-electron chi connectivity index (χ0n) is 16.9. The predicted molar refractivity (Wildman–Crippen MR) is 113 cm³/mol. The molecule has 0 saturated heterocycles. The number of nitrogens with one attached hydrogen (secondary N) is 3. The Morgan fingerprint density at radius 3 is 2.40 bits per heavy atom. The van der Waals surface area contributed by atoms with Crippen molar-refractivity contribution in [2.75, 3.05) is 13.1 Å². The number of benzene rings is 1. The Balaban J connectivity index is 1.52. The lowest BCUT2D eigenvalue weighted by Gasteiger charge is -2.12. The summed E-state index contributed by atoms with van der Waals surface area (Å²) in [6.45, 7) is 0.587. The van der Waals surface area contributed by atoms with Crippen molar-refractivity contribution in [2.45, 2.75) is 32.1 Å². The van der Waals surface area contributed by atoms with E-state index in [-0.39, 0.29) is 18.1 Å². The van der Waals surface area contributed by atoms with E-state index < -0.39 is 11.8 Å².